The number of ether oxygens (including phenoxy) is 1. The molecule has 0 amide bonds. The van der Waals surface area contributed by atoms with Crippen LogP contribution in [0.1, 0.15) is 12.0 Å². The Kier molecular flexibility index (Phi) is 4.51. The maximum atomic E-state index is 13.9. The van der Waals surface area contributed by atoms with Crippen LogP contribution >= 0.6 is 0 Å². The average Bonchev–Trinajstić information content (AvgIpc) is 2.46. The first-order chi connectivity index (χ1) is 9.65. The molecule has 20 heavy (non-hydrogen) atoms. The van der Waals surface area contributed by atoms with Crippen molar-refractivity contribution in [1.29, 1.82) is 0 Å². The van der Waals surface area contributed by atoms with Gasteiger partial charge in [-0.15, -0.1) is 6.58 Å². The van der Waals surface area contributed by atoms with Gasteiger partial charge in [-0.1, -0.05) is 12.1 Å². The van der Waals surface area contributed by atoms with Gasteiger partial charge in [-0.2, -0.15) is 0 Å². The van der Waals surface area contributed by atoms with Crippen molar-refractivity contribution in [1.82, 2.24) is 0 Å². The Morgan fingerprint density at radius 1 is 1.30 bits per heavy atom. The van der Waals surface area contributed by atoms with Crippen LogP contribution in [0.5, 0.6) is 5.75 Å². The van der Waals surface area contributed by atoms with Crippen molar-refractivity contribution in [3.63, 3.8) is 0 Å². The van der Waals surface area contributed by atoms with Gasteiger partial charge in [-0.05, 0) is 48.2 Å². The first-order valence-corrected chi connectivity index (χ1v) is 6.30. The van der Waals surface area contributed by atoms with E-state index in [1.807, 2.05) is 0 Å². The highest BCUT2D eigenvalue weighted by atomic mass is 19.1. The molecular formula is C17H15F2O. The summed E-state index contributed by atoms with van der Waals surface area (Å²) in [5.74, 6) is -0.862. The summed E-state index contributed by atoms with van der Waals surface area (Å²) in [5, 5.41) is 0. The van der Waals surface area contributed by atoms with Gasteiger partial charge in [0.25, 0.3) is 0 Å². The van der Waals surface area contributed by atoms with E-state index in [4.69, 9.17) is 4.74 Å². The molecule has 1 radical (unpaired) electrons. The van der Waals surface area contributed by atoms with Crippen molar-refractivity contribution >= 4 is 0 Å². The molecule has 0 saturated heterocycles. The SMILES string of the molecule is C=CCCc1c[c]c(F)c(-c2ccc(OC)c(F)c2)c1. The van der Waals surface area contributed by atoms with E-state index >= 15 is 0 Å². The topological polar surface area (TPSA) is 9.23 Å². The lowest BCUT2D eigenvalue weighted by atomic mass is 10.00. The normalized spacial score (nSPS) is 10.3. The van der Waals surface area contributed by atoms with Gasteiger partial charge in [-0.25, -0.2) is 8.78 Å². The van der Waals surface area contributed by atoms with Crippen LogP contribution in [0.3, 0.4) is 0 Å². The van der Waals surface area contributed by atoms with E-state index in [2.05, 4.69) is 12.6 Å². The summed E-state index contributed by atoms with van der Waals surface area (Å²) >= 11 is 0. The minimum absolute atomic E-state index is 0.140. The molecule has 0 unspecified atom stereocenters. The van der Waals surface area contributed by atoms with Gasteiger partial charge in [-0.3, -0.25) is 0 Å². The van der Waals surface area contributed by atoms with Crippen molar-refractivity contribution in [3.05, 3.63) is 66.3 Å². The number of methoxy groups -OCH3 is 1. The quantitative estimate of drug-likeness (QED) is 0.726. The molecule has 3 heteroatoms. The molecule has 0 aliphatic heterocycles. The smallest absolute Gasteiger partial charge is 0.165 e. The van der Waals surface area contributed by atoms with Gasteiger partial charge in [0.1, 0.15) is 5.82 Å². The summed E-state index contributed by atoms with van der Waals surface area (Å²) in [6, 6.07) is 10.3. The predicted octanol–water partition coefficient (Wildman–Crippen LogP) is 4.56. The number of aryl methyl sites for hydroxylation is 1. The Morgan fingerprint density at radius 3 is 2.75 bits per heavy atom. The van der Waals surface area contributed by atoms with Gasteiger partial charge >= 0.3 is 0 Å². The molecule has 0 heterocycles. The third-order valence-corrected chi connectivity index (χ3v) is 3.05. The Balaban J connectivity index is 2.40. The molecule has 103 valence electrons. The fourth-order valence-corrected chi connectivity index (χ4v) is 1.98. The Labute approximate surface area is 117 Å². The maximum absolute atomic E-state index is 13.9. The van der Waals surface area contributed by atoms with Crippen LogP contribution in [0.15, 0.2) is 43.0 Å². The van der Waals surface area contributed by atoms with Crippen LogP contribution in [0.4, 0.5) is 8.78 Å². The summed E-state index contributed by atoms with van der Waals surface area (Å²) in [4.78, 5) is 0. The minimum Gasteiger partial charge on any atom is -0.494 e. The molecule has 0 N–H and O–H groups in total. The highest BCUT2D eigenvalue weighted by Crippen LogP contribution is 2.28. The van der Waals surface area contributed by atoms with E-state index in [0.717, 1.165) is 18.4 Å². The van der Waals surface area contributed by atoms with Crippen LogP contribution in [-0.2, 0) is 6.42 Å². The molecule has 0 aliphatic carbocycles. The Bertz CT molecular complexity index is 620. The van der Waals surface area contributed by atoms with Gasteiger partial charge in [0, 0.05) is 11.6 Å². The first kappa shape index (κ1) is 14.3. The average molecular weight is 273 g/mol. The molecule has 0 fully saturated rings. The number of allylic oxidation sites excluding steroid dienone is 1. The molecule has 2 aromatic carbocycles. The summed E-state index contributed by atoms with van der Waals surface area (Å²) < 4.78 is 32.4. The maximum Gasteiger partial charge on any atom is 0.165 e. The molecule has 2 rings (SSSR count). The zero-order valence-electron chi connectivity index (χ0n) is 11.2. The zero-order chi connectivity index (χ0) is 14.5. The molecule has 0 atom stereocenters. The first-order valence-electron chi connectivity index (χ1n) is 6.30. The lowest BCUT2D eigenvalue weighted by molar-refractivity contribution is 0.386. The summed E-state index contributed by atoms with van der Waals surface area (Å²) in [5.41, 5.74) is 1.75. The minimum atomic E-state index is -0.513. The number of rotatable bonds is 5. The Morgan fingerprint density at radius 2 is 2.10 bits per heavy atom. The van der Waals surface area contributed by atoms with Crippen molar-refractivity contribution in [3.8, 4) is 16.9 Å². The van der Waals surface area contributed by atoms with E-state index in [0.29, 0.717) is 11.1 Å². The standard InChI is InChI=1S/C17H15F2O/c1-3-4-5-12-6-8-15(18)14(10-12)13-7-9-17(20-2)16(19)11-13/h3,6-7,9-11H,1,4-5H2,2H3. The molecule has 2 aromatic rings. The van der Waals surface area contributed by atoms with E-state index in [-0.39, 0.29) is 5.75 Å². The molecule has 0 spiro atoms. The number of hydrogen-bond donors (Lipinski definition) is 0. The molecule has 0 bridgehead atoms. The number of hydrogen-bond acceptors (Lipinski definition) is 1. The van der Waals surface area contributed by atoms with Gasteiger partial charge in [0.15, 0.2) is 11.6 Å². The molecule has 0 saturated carbocycles. The predicted molar refractivity (Wildman–Crippen MR) is 75.7 cm³/mol. The zero-order valence-corrected chi connectivity index (χ0v) is 11.2. The van der Waals surface area contributed by atoms with Crippen LogP contribution in [0.25, 0.3) is 11.1 Å². The monoisotopic (exact) mass is 273 g/mol. The van der Waals surface area contributed by atoms with E-state index in [1.165, 1.54) is 19.2 Å². The van der Waals surface area contributed by atoms with Crippen molar-refractivity contribution < 1.29 is 13.5 Å². The van der Waals surface area contributed by atoms with Crippen molar-refractivity contribution in [2.24, 2.45) is 0 Å². The fraction of sp³-hybridized carbons (Fsp3) is 0.176. The van der Waals surface area contributed by atoms with Crippen LogP contribution < -0.4 is 4.74 Å². The van der Waals surface area contributed by atoms with Crippen molar-refractivity contribution in [2.45, 2.75) is 12.8 Å². The van der Waals surface area contributed by atoms with E-state index in [1.54, 1.807) is 24.3 Å². The lowest BCUT2D eigenvalue weighted by Gasteiger charge is -2.08. The lowest BCUT2D eigenvalue weighted by Crippen LogP contribution is -1.92. The highest BCUT2D eigenvalue weighted by Gasteiger charge is 2.10. The van der Waals surface area contributed by atoms with Crippen LogP contribution in [0.2, 0.25) is 0 Å². The summed E-state index contributed by atoms with van der Waals surface area (Å²) in [6.45, 7) is 3.66. The second-order valence-corrected chi connectivity index (χ2v) is 4.41. The summed E-state index contributed by atoms with van der Waals surface area (Å²) in [6.07, 6.45) is 3.36. The van der Waals surface area contributed by atoms with E-state index in [9.17, 15) is 8.78 Å². The second-order valence-electron chi connectivity index (χ2n) is 4.41. The molecule has 1 nitrogen and oxygen atoms in total. The van der Waals surface area contributed by atoms with Crippen LogP contribution in [0, 0.1) is 17.7 Å². The van der Waals surface area contributed by atoms with Gasteiger partial charge in [0.2, 0.25) is 0 Å². The van der Waals surface area contributed by atoms with E-state index < -0.39 is 11.6 Å². The fourth-order valence-electron chi connectivity index (χ4n) is 1.98. The van der Waals surface area contributed by atoms with Gasteiger partial charge in [0.05, 0.1) is 7.11 Å². The third-order valence-electron chi connectivity index (χ3n) is 3.05. The van der Waals surface area contributed by atoms with Gasteiger partial charge < -0.3 is 4.74 Å². The second kappa shape index (κ2) is 6.33. The third kappa shape index (κ3) is 3.05. The highest BCUT2D eigenvalue weighted by molar-refractivity contribution is 5.65. The van der Waals surface area contributed by atoms with Crippen LogP contribution in [-0.4, -0.2) is 7.11 Å². The van der Waals surface area contributed by atoms with Crippen molar-refractivity contribution in [2.75, 3.05) is 7.11 Å². The largest absolute Gasteiger partial charge is 0.494 e. The summed E-state index contributed by atoms with van der Waals surface area (Å²) in [7, 11) is 1.39. The molecule has 0 aliphatic rings. The number of benzene rings is 2. The Hall–Kier alpha value is -2.16. The molecular weight excluding hydrogens is 258 g/mol. The number of halogens is 2. The molecule has 0 aromatic heterocycles.